The molecule has 0 radical (unpaired) electrons. The third-order valence-corrected chi connectivity index (χ3v) is 4.70. The van der Waals surface area contributed by atoms with Crippen LogP contribution in [0.15, 0.2) is 48.5 Å². The summed E-state index contributed by atoms with van der Waals surface area (Å²) in [5.41, 5.74) is 2.00. The molecule has 4 nitrogen and oxygen atoms in total. The highest BCUT2D eigenvalue weighted by molar-refractivity contribution is 5.68. The van der Waals surface area contributed by atoms with Crippen molar-refractivity contribution in [2.75, 3.05) is 13.1 Å². The number of carbonyl (C=O) groups is 1. The number of ether oxygens (including phenoxy) is 2. The third-order valence-electron chi connectivity index (χ3n) is 4.70. The second-order valence-corrected chi connectivity index (χ2v) is 8.23. The molecule has 0 atom stereocenters. The molecule has 0 aromatic heterocycles. The van der Waals surface area contributed by atoms with Crippen LogP contribution in [0.5, 0.6) is 11.5 Å². The zero-order chi connectivity index (χ0) is 19.4. The van der Waals surface area contributed by atoms with Crippen LogP contribution < -0.4 is 4.74 Å². The minimum atomic E-state index is -0.449. The zero-order valence-electron chi connectivity index (χ0n) is 16.7. The maximum absolute atomic E-state index is 12.2. The van der Waals surface area contributed by atoms with Crippen LogP contribution >= 0.6 is 0 Å². The number of rotatable bonds is 3. The van der Waals surface area contributed by atoms with Crippen LogP contribution in [0, 0.1) is 6.92 Å². The van der Waals surface area contributed by atoms with E-state index in [0.717, 1.165) is 37.4 Å². The van der Waals surface area contributed by atoms with Crippen LogP contribution in [-0.2, 0) is 4.74 Å². The van der Waals surface area contributed by atoms with Crippen LogP contribution in [0.3, 0.4) is 0 Å². The normalized spacial score (nSPS) is 15.5. The topological polar surface area (TPSA) is 38.8 Å². The first-order chi connectivity index (χ1) is 12.8. The predicted molar refractivity (Wildman–Crippen MR) is 107 cm³/mol. The number of benzene rings is 2. The van der Waals surface area contributed by atoms with Crippen LogP contribution in [0.25, 0.3) is 0 Å². The van der Waals surface area contributed by atoms with Gasteiger partial charge in [-0.05, 0) is 81.8 Å². The summed E-state index contributed by atoms with van der Waals surface area (Å²) in [5.74, 6) is 2.14. The summed E-state index contributed by atoms with van der Waals surface area (Å²) in [4.78, 5) is 14.0. The monoisotopic (exact) mass is 367 g/mol. The lowest BCUT2D eigenvalue weighted by molar-refractivity contribution is 0.0205. The van der Waals surface area contributed by atoms with E-state index in [4.69, 9.17) is 9.47 Å². The molecule has 0 bridgehead atoms. The largest absolute Gasteiger partial charge is 0.457 e. The molecular weight excluding hydrogens is 338 g/mol. The van der Waals surface area contributed by atoms with Gasteiger partial charge in [0.2, 0.25) is 0 Å². The van der Waals surface area contributed by atoms with E-state index >= 15 is 0 Å². The van der Waals surface area contributed by atoms with Gasteiger partial charge in [-0.3, -0.25) is 0 Å². The van der Waals surface area contributed by atoms with Crippen molar-refractivity contribution >= 4 is 6.09 Å². The van der Waals surface area contributed by atoms with E-state index in [1.807, 2.05) is 56.0 Å². The fraction of sp³-hybridized carbons (Fsp3) is 0.435. The van der Waals surface area contributed by atoms with Gasteiger partial charge in [-0.25, -0.2) is 4.79 Å². The molecule has 0 saturated carbocycles. The van der Waals surface area contributed by atoms with Crippen molar-refractivity contribution < 1.29 is 14.3 Å². The summed E-state index contributed by atoms with van der Waals surface area (Å²) < 4.78 is 11.5. The molecule has 1 aliphatic heterocycles. The van der Waals surface area contributed by atoms with Gasteiger partial charge in [0.15, 0.2) is 0 Å². The number of aryl methyl sites for hydroxylation is 1. The maximum atomic E-state index is 12.2. The number of nitrogens with zero attached hydrogens (tertiary/aromatic N) is 1. The van der Waals surface area contributed by atoms with Gasteiger partial charge < -0.3 is 14.4 Å². The van der Waals surface area contributed by atoms with Gasteiger partial charge >= 0.3 is 6.09 Å². The molecule has 0 unspecified atom stereocenters. The Bertz CT molecular complexity index is 786. The average Bonchev–Trinajstić information content (AvgIpc) is 2.61. The number of likely N-dealkylation sites (tertiary alicyclic amines) is 1. The molecular formula is C23H29NO3. The van der Waals surface area contributed by atoms with E-state index in [1.165, 1.54) is 11.1 Å². The predicted octanol–water partition coefficient (Wildman–Crippen LogP) is 5.90. The Labute approximate surface area is 162 Å². The van der Waals surface area contributed by atoms with Gasteiger partial charge in [0.25, 0.3) is 0 Å². The fourth-order valence-corrected chi connectivity index (χ4v) is 3.37. The molecule has 1 heterocycles. The van der Waals surface area contributed by atoms with Gasteiger partial charge in [-0.2, -0.15) is 0 Å². The van der Waals surface area contributed by atoms with Gasteiger partial charge in [-0.1, -0.05) is 24.3 Å². The quantitative estimate of drug-likeness (QED) is 0.678. The van der Waals surface area contributed by atoms with Gasteiger partial charge in [-0.15, -0.1) is 0 Å². The molecule has 27 heavy (non-hydrogen) atoms. The Hall–Kier alpha value is -2.49. The van der Waals surface area contributed by atoms with E-state index < -0.39 is 5.60 Å². The Morgan fingerprint density at radius 3 is 2.26 bits per heavy atom. The lowest BCUT2D eigenvalue weighted by atomic mass is 9.89. The van der Waals surface area contributed by atoms with Crippen molar-refractivity contribution in [3.63, 3.8) is 0 Å². The van der Waals surface area contributed by atoms with Crippen LogP contribution in [-0.4, -0.2) is 29.7 Å². The molecule has 3 rings (SSSR count). The molecule has 0 spiro atoms. The van der Waals surface area contributed by atoms with E-state index in [9.17, 15) is 4.79 Å². The van der Waals surface area contributed by atoms with Crippen LogP contribution in [0.2, 0.25) is 0 Å². The standard InChI is InChI=1S/C23H29NO3/c1-17-7-5-9-20(15-17)26-21-10-6-8-19(16-21)18-11-13-24(14-12-18)22(25)27-23(2,3)4/h5-10,15-16,18H,11-14H2,1-4H3. The number of carbonyl (C=O) groups excluding carboxylic acids is 1. The molecule has 4 heteroatoms. The Balaban J connectivity index is 1.61. The van der Waals surface area contributed by atoms with Crippen molar-refractivity contribution in [2.45, 2.75) is 52.1 Å². The number of amides is 1. The first-order valence-electron chi connectivity index (χ1n) is 9.62. The van der Waals surface area contributed by atoms with Crippen LogP contribution in [0.1, 0.15) is 50.7 Å². The van der Waals surface area contributed by atoms with Gasteiger partial charge in [0.1, 0.15) is 17.1 Å². The Kier molecular flexibility index (Phi) is 5.73. The molecule has 0 N–H and O–H groups in total. The highest BCUT2D eigenvalue weighted by Gasteiger charge is 2.27. The molecule has 2 aromatic rings. The first-order valence-corrected chi connectivity index (χ1v) is 9.62. The fourth-order valence-electron chi connectivity index (χ4n) is 3.37. The van der Waals surface area contributed by atoms with Gasteiger partial charge in [0.05, 0.1) is 0 Å². The smallest absolute Gasteiger partial charge is 0.410 e. The molecule has 1 aliphatic rings. The molecule has 1 amide bonds. The highest BCUT2D eigenvalue weighted by Crippen LogP contribution is 2.32. The summed E-state index contributed by atoms with van der Waals surface area (Å²) in [6, 6.07) is 16.4. The number of piperidine rings is 1. The van der Waals surface area contributed by atoms with Crippen molar-refractivity contribution in [1.29, 1.82) is 0 Å². The lowest BCUT2D eigenvalue weighted by Gasteiger charge is -2.33. The highest BCUT2D eigenvalue weighted by atomic mass is 16.6. The number of hydrogen-bond acceptors (Lipinski definition) is 3. The van der Waals surface area contributed by atoms with Crippen molar-refractivity contribution in [3.05, 3.63) is 59.7 Å². The SMILES string of the molecule is Cc1cccc(Oc2cccc(C3CCN(C(=O)OC(C)(C)C)CC3)c2)c1. The summed E-state index contributed by atoms with van der Waals surface area (Å²) in [6.07, 6.45) is 1.66. The maximum Gasteiger partial charge on any atom is 0.410 e. The minimum Gasteiger partial charge on any atom is -0.457 e. The first kappa shape index (κ1) is 19.3. The van der Waals surface area contributed by atoms with Crippen molar-refractivity contribution in [1.82, 2.24) is 4.90 Å². The minimum absolute atomic E-state index is 0.211. The van der Waals surface area contributed by atoms with Crippen LogP contribution in [0.4, 0.5) is 4.79 Å². The van der Waals surface area contributed by atoms with Gasteiger partial charge in [0, 0.05) is 13.1 Å². The summed E-state index contributed by atoms with van der Waals surface area (Å²) >= 11 is 0. The molecule has 2 aromatic carbocycles. The lowest BCUT2D eigenvalue weighted by Crippen LogP contribution is -2.41. The Morgan fingerprint density at radius 1 is 1.00 bits per heavy atom. The van der Waals surface area contributed by atoms with E-state index in [0.29, 0.717) is 5.92 Å². The van der Waals surface area contributed by atoms with E-state index in [2.05, 4.69) is 25.1 Å². The molecule has 0 aliphatic carbocycles. The second-order valence-electron chi connectivity index (χ2n) is 8.23. The third kappa shape index (κ3) is 5.49. The molecule has 144 valence electrons. The number of hydrogen-bond donors (Lipinski definition) is 0. The summed E-state index contributed by atoms with van der Waals surface area (Å²) in [6.45, 7) is 9.21. The average molecular weight is 367 g/mol. The van der Waals surface area contributed by atoms with E-state index in [1.54, 1.807) is 0 Å². The molecule has 1 fully saturated rings. The van der Waals surface area contributed by atoms with Crippen molar-refractivity contribution in [3.8, 4) is 11.5 Å². The molecule has 1 saturated heterocycles. The summed E-state index contributed by atoms with van der Waals surface area (Å²) in [5, 5.41) is 0. The van der Waals surface area contributed by atoms with E-state index in [-0.39, 0.29) is 6.09 Å². The Morgan fingerprint density at radius 2 is 1.63 bits per heavy atom. The zero-order valence-corrected chi connectivity index (χ0v) is 16.7. The van der Waals surface area contributed by atoms with Crippen molar-refractivity contribution in [2.24, 2.45) is 0 Å². The second kappa shape index (κ2) is 8.03. The summed E-state index contributed by atoms with van der Waals surface area (Å²) in [7, 11) is 0.